The van der Waals surface area contributed by atoms with Crippen molar-refractivity contribution in [3.63, 3.8) is 0 Å². The molecule has 0 unspecified atom stereocenters. The molecule has 0 bridgehead atoms. The molecule has 2 heterocycles. The second-order valence-electron chi connectivity index (χ2n) is 7.01. The van der Waals surface area contributed by atoms with Gasteiger partial charge in [-0.05, 0) is 56.3 Å². The van der Waals surface area contributed by atoms with Gasteiger partial charge >= 0.3 is 0 Å². The zero-order valence-electron chi connectivity index (χ0n) is 16.8. The minimum atomic E-state index is -0.0403. The fraction of sp³-hybridized carbons (Fsp3) is 0.381. The van der Waals surface area contributed by atoms with Crippen molar-refractivity contribution in [1.29, 1.82) is 0 Å². The van der Waals surface area contributed by atoms with E-state index in [1.807, 2.05) is 36.3 Å². The highest BCUT2D eigenvalue weighted by Crippen LogP contribution is 2.24. The fourth-order valence-corrected chi connectivity index (χ4v) is 3.94. The average molecular weight is 399 g/mol. The maximum atomic E-state index is 12.7. The van der Waals surface area contributed by atoms with Crippen molar-refractivity contribution in [3.05, 3.63) is 52.2 Å². The van der Waals surface area contributed by atoms with E-state index in [-0.39, 0.29) is 12.5 Å². The largest absolute Gasteiger partial charge is 0.419 e. The van der Waals surface area contributed by atoms with Crippen LogP contribution in [0.2, 0.25) is 0 Å². The van der Waals surface area contributed by atoms with Crippen molar-refractivity contribution in [2.24, 2.45) is 0 Å². The number of anilines is 1. The number of nitrogens with zero attached hydrogens (tertiary/aromatic N) is 3. The highest BCUT2D eigenvalue weighted by Gasteiger charge is 2.17. The molecule has 6 nitrogen and oxygen atoms in total. The van der Waals surface area contributed by atoms with E-state index in [4.69, 9.17) is 4.42 Å². The summed E-state index contributed by atoms with van der Waals surface area (Å²) in [5.74, 6) is 1.01. The van der Waals surface area contributed by atoms with Gasteiger partial charge in [0.1, 0.15) is 0 Å². The van der Waals surface area contributed by atoms with Crippen LogP contribution in [0.1, 0.15) is 35.9 Å². The van der Waals surface area contributed by atoms with Crippen molar-refractivity contribution in [2.45, 2.75) is 40.7 Å². The molecule has 2 aromatic heterocycles. The zero-order chi connectivity index (χ0) is 20.1. The molecule has 0 spiro atoms. The van der Waals surface area contributed by atoms with Gasteiger partial charge in [0.05, 0.1) is 18.0 Å². The second kappa shape index (κ2) is 9.12. The molecule has 7 heteroatoms. The number of benzene rings is 1. The van der Waals surface area contributed by atoms with Gasteiger partial charge in [-0.25, -0.2) is 0 Å². The first-order valence-electron chi connectivity index (χ1n) is 9.42. The first-order chi connectivity index (χ1) is 13.5. The van der Waals surface area contributed by atoms with Crippen LogP contribution >= 0.6 is 11.3 Å². The van der Waals surface area contributed by atoms with Crippen LogP contribution in [-0.2, 0) is 11.3 Å². The average Bonchev–Trinajstić information content (AvgIpc) is 3.29. The first-order valence-corrected chi connectivity index (χ1v) is 10.3. The Morgan fingerprint density at radius 1 is 1.21 bits per heavy atom. The Balaban J connectivity index is 1.65. The Bertz CT molecular complexity index is 911. The van der Waals surface area contributed by atoms with Gasteiger partial charge in [-0.15, -0.1) is 21.5 Å². The third-order valence-electron chi connectivity index (χ3n) is 4.41. The molecule has 1 N–H and O–H groups in total. The smallest absolute Gasteiger partial charge is 0.257 e. The summed E-state index contributed by atoms with van der Waals surface area (Å²) in [6.45, 7) is 9.68. The molecular weight excluding hydrogens is 372 g/mol. The molecule has 0 radical (unpaired) electrons. The van der Waals surface area contributed by atoms with Crippen molar-refractivity contribution in [3.8, 4) is 10.8 Å². The number of carbonyl (C=O) groups excluding carboxylic acids is 1. The third-order valence-corrected chi connectivity index (χ3v) is 5.26. The summed E-state index contributed by atoms with van der Waals surface area (Å²) in [6.07, 6.45) is 0.932. The van der Waals surface area contributed by atoms with Gasteiger partial charge in [-0.3, -0.25) is 9.69 Å². The monoisotopic (exact) mass is 398 g/mol. The predicted octanol–water partition coefficient (Wildman–Crippen LogP) is 4.57. The summed E-state index contributed by atoms with van der Waals surface area (Å²) in [5.41, 5.74) is 4.24. The number of hydrogen-bond donors (Lipinski definition) is 1. The molecule has 3 aromatic rings. The SMILES string of the molecule is CCCN(CC(=O)Nc1c(C)cc(C)cc1C)Cc1nnc(-c2cccs2)o1. The van der Waals surface area contributed by atoms with Crippen LogP contribution in [0.4, 0.5) is 5.69 Å². The van der Waals surface area contributed by atoms with Crippen molar-refractivity contribution in [1.82, 2.24) is 15.1 Å². The third kappa shape index (κ3) is 5.05. The lowest BCUT2D eigenvalue weighted by Crippen LogP contribution is -2.33. The van der Waals surface area contributed by atoms with Gasteiger partial charge < -0.3 is 9.73 Å². The summed E-state index contributed by atoms with van der Waals surface area (Å²) < 4.78 is 5.77. The number of nitrogens with one attached hydrogen (secondary N) is 1. The van der Waals surface area contributed by atoms with E-state index in [1.54, 1.807) is 11.3 Å². The lowest BCUT2D eigenvalue weighted by atomic mass is 10.1. The van der Waals surface area contributed by atoms with E-state index < -0.39 is 0 Å². The summed E-state index contributed by atoms with van der Waals surface area (Å²) in [6, 6.07) is 8.06. The molecule has 3 rings (SSSR count). The summed E-state index contributed by atoms with van der Waals surface area (Å²) in [7, 11) is 0. The highest BCUT2D eigenvalue weighted by molar-refractivity contribution is 7.13. The molecule has 0 atom stereocenters. The van der Waals surface area contributed by atoms with Gasteiger partial charge in [0.15, 0.2) is 0 Å². The molecule has 28 heavy (non-hydrogen) atoms. The minimum absolute atomic E-state index is 0.0403. The number of amides is 1. The van der Waals surface area contributed by atoms with Gasteiger partial charge in [0, 0.05) is 5.69 Å². The lowest BCUT2D eigenvalue weighted by Gasteiger charge is -2.20. The lowest BCUT2D eigenvalue weighted by molar-refractivity contribution is -0.117. The first kappa shape index (κ1) is 20.2. The number of aryl methyl sites for hydroxylation is 3. The summed E-state index contributed by atoms with van der Waals surface area (Å²) in [5, 5.41) is 13.3. The summed E-state index contributed by atoms with van der Waals surface area (Å²) >= 11 is 1.56. The molecule has 0 aliphatic heterocycles. The van der Waals surface area contributed by atoms with Gasteiger partial charge in [-0.1, -0.05) is 30.7 Å². The number of aromatic nitrogens is 2. The van der Waals surface area contributed by atoms with E-state index in [1.165, 1.54) is 5.56 Å². The predicted molar refractivity (Wildman–Crippen MR) is 112 cm³/mol. The van der Waals surface area contributed by atoms with E-state index in [0.29, 0.717) is 18.3 Å². The Hall–Kier alpha value is -2.51. The van der Waals surface area contributed by atoms with E-state index in [2.05, 4.69) is 41.5 Å². The quantitative estimate of drug-likeness (QED) is 0.602. The van der Waals surface area contributed by atoms with Crippen LogP contribution < -0.4 is 5.32 Å². The number of thiophene rings is 1. The number of carbonyl (C=O) groups is 1. The molecular formula is C21H26N4O2S. The Labute approximate surface area is 169 Å². The van der Waals surface area contributed by atoms with Crippen molar-refractivity contribution < 1.29 is 9.21 Å². The van der Waals surface area contributed by atoms with E-state index >= 15 is 0 Å². The number of rotatable bonds is 8. The van der Waals surface area contributed by atoms with Crippen molar-refractivity contribution >= 4 is 22.9 Å². The standard InChI is InChI=1S/C21H26N4O2S/c1-5-8-25(13-19-23-24-21(27-19)17-7-6-9-28-17)12-18(26)22-20-15(3)10-14(2)11-16(20)4/h6-7,9-11H,5,8,12-13H2,1-4H3,(H,22,26). The minimum Gasteiger partial charge on any atom is -0.419 e. The van der Waals surface area contributed by atoms with Crippen LogP contribution in [0.25, 0.3) is 10.8 Å². The molecule has 0 aliphatic carbocycles. The van der Waals surface area contributed by atoms with E-state index in [9.17, 15) is 4.79 Å². The number of hydrogen-bond acceptors (Lipinski definition) is 6. The molecule has 0 saturated carbocycles. The van der Waals surface area contributed by atoms with Crippen LogP contribution in [0.15, 0.2) is 34.1 Å². The second-order valence-corrected chi connectivity index (χ2v) is 7.96. The van der Waals surface area contributed by atoms with E-state index in [0.717, 1.165) is 34.7 Å². The summed E-state index contributed by atoms with van der Waals surface area (Å²) in [4.78, 5) is 15.6. The van der Waals surface area contributed by atoms with Crippen LogP contribution in [0.3, 0.4) is 0 Å². The zero-order valence-corrected chi connectivity index (χ0v) is 17.6. The molecule has 148 valence electrons. The Morgan fingerprint density at radius 3 is 2.61 bits per heavy atom. The maximum Gasteiger partial charge on any atom is 0.257 e. The molecule has 0 saturated heterocycles. The fourth-order valence-electron chi connectivity index (χ4n) is 3.30. The topological polar surface area (TPSA) is 71.3 Å². The van der Waals surface area contributed by atoms with Gasteiger partial charge in [-0.2, -0.15) is 0 Å². The van der Waals surface area contributed by atoms with Crippen LogP contribution in [0, 0.1) is 20.8 Å². The van der Waals surface area contributed by atoms with Gasteiger partial charge in [0.25, 0.3) is 5.89 Å². The molecule has 0 aliphatic rings. The Kier molecular flexibility index (Phi) is 6.59. The maximum absolute atomic E-state index is 12.7. The molecule has 1 amide bonds. The normalized spacial score (nSPS) is 11.2. The van der Waals surface area contributed by atoms with Crippen molar-refractivity contribution in [2.75, 3.05) is 18.4 Å². The van der Waals surface area contributed by atoms with Crippen LogP contribution in [-0.4, -0.2) is 34.1 Å². The molecule has 1 aromatic carbocycles. The highest BCUT2D eigenvalue weighted by atomic mass is 32.1. The van der Waals surface area contributed by atoms with Crippen LogP contribution in [0.5, 0.6) is 0 Å². The van der Waals surface area contributed by atoms with Gasteiger partial charge in [0.2, 0.25) is 11.8 Å². The Morgan fingerprint density at radius 2 is 1.96 bits per heavy atom. The molecule has 0 fully saturated rings.